The van der Waals surface area contributed by atoms with Gasteiger partial charge >= 0.3 is 19.8 Å². The molecule has 0 radical (unpaired) electrons. The molecule has 0 aromatic heterocycles. The van der Waals surface area contributed by atoms with E-state index in [4.69, 9.17) is 24.3 Å². The molecule has 0 saturated heterocycles. The van der Waals surface area contributed by atoms with Gasteiger partial charge in [0.25, 0.3) is 0 Å². The lowest BCUT2D eigenvalue weighted by Crippen LogP contribution is -2.29. The van der Waals surface area contributed by atoms with Crippen LogP contribution in [0.15, 0.2) is 24.3 Å². The molecule has 0 bridgehead atoms. The number of rotatable bonds is 39. The molecule has 0 rings (SSSR count). The Balaban J connectivity index is 4.16. The van der Waals surface area contributed by atoms with Crippen molar-refractivity contribution in [3.8, 4) is 0 Å². The molecule has 10 heteroatoms. The summed E-state index contributed by atoms with van der Waals surface area (Å²) < 4.78 is 32.7. The van der Waals surface area contributed by atoms with Gasteiger partial charge in [-0.3, -0.25) is 18.6 Å². The summed E-state index contributed by atoms with van der Waals surface area (Å²) in [6.45, 7) is 3.70. The predicted molar refractivity (Wildman–Crippen MR) is 211 cm³/mol. The van der Waals surface area contributed by atoms with Gasteiger partial charge in [-0.25, -0.2) is 4.57 Å². The lowest BCUT2D eigenvalue weighted by Gasteiger charge is -2.19. The van der Waals surface area contributed by atoms with Gasteiger partial charge in [-0.1, -0.05) is 141 Å². The molecule has 2 atom stereocenters. The zero-order valence-corrected chi connectivity index (χ0v) is 33.7. The summed E-state index contributed by atoms with van der Waals surface area (Å²) in [7, 11) is -4.37. The highest BCUT2D eigenvalue weighted by Crippen LogP contribution is 2.43. The second-order valence-electron chi connectivity index (χ2n) is 13.8. The number of ether oxygens (including phenoxy) is 2. The molecule has 9 nitrogen and oxygen atoms in total. The van der Waals surface area contributed by atoms with Crippen LogP contribution >= 0.6 is 7.82 Å². The molecule has 0 aliphatic rings. The maximum Gasteiger partial charge on any atom is 0.472 e. The van der Waals surface area contributed by atoms with E-state index in [-0.39, 0.29) is 38.6 Å². The lowest BCUT2D eigenvalue weighted by molar-refractivity contribution is -0.161. The summed E-state index contributed by atoms with van der Waals surface area (Å²) in [6, 6.07) is 0. The third-order valence-electron chi connectivity index (χ3n) is 8.81. The molecule has 0 spiro atoms. The van der Waals surface area contributed by atoms with Crippen molar-refractivity contribution in [1.82, 2.24) is 0 Å². The number of phosphoric ester groups is 1. The zero-order valence-electron chi connectivity index (χ0n) is 32.8. The first-order valence-corrected chi connectivity index (χ1v) is 22.3. The first-order valence-electron chi connectivity index (χ1n) is 20.8. The van der Waals surface area contributed by atoms with Gasteiger partial charge in [0.15, 0.2) is 6.10 Å². The van der Waals surface area contributed by atoms with Gasteiger partial charge in [0, 0.05) is 19.4 Å². The summed E-state index contributed by atoms with van der Waals surface area (Å²) in [5, 5.41) is 0. The number of unbranched alkanes of at least 4 members (excludes halogenated alkanes) is 22. The van der Waals surface area contributed by atoms with Gasteiger partial charge in [-0.05, 0) is 64.2 Å². The maximum absolute atomic E-state index is 12.5. The van der Waals surface area contributed by atoms with Gasteiger partial charge in [0.2, 0.25) is 0 Å². The van der Waals surface area contributed by atoms with E-state index in [2.05, 4.69) is 38.2 Å². The molecule has 300 valence electrons. The van der Waals surface area contributed by atoms with E-state index in [1.54, 1.807) is 0 Å². The highest BCUT2D eigenvalue weighted by atomic mass is 31.2. The standard InChI is InChI=1S/C41H78NO8P/c1-3-5-7-9-11-13-15-17-18-19-20-22-23-25-27-29-31-33-40(43)47-37-39(38-49-51(45,46)48-36-35-42)50-41(44)34-32-30-28-26-24-21-16-14-12-10-8-6-4-2/h13-16,39H,3-12,17-38,42H2,1-2H3,(H,45,46)/b15-13+,16-14+/t39-/m1/s1. The van der Waals surface area contributed by atoms with E-state index >= 15 is 0 Å². The van der Waals surface area contributed by atoms with Gasteiger partial charge in [-0.2, -0.15) is 0 Å². The van der Waals surface area contributed by atoms with Crippen molar-refractivity contribution in [2.75, 3.05) is 26.4 Å². The van der Waals surface area contributed by atoms with Gasteiger partial charge in [0.1, 0.15) is 6.61 Å². The SMILES string of the molecule is CCCCCC/C=C/CCCCCCCCCCCC(=O)OC[C@H](COP(=O)(O)OCCN)OC(=O)CCCCCCC/C=C/CCCCCC. The van der Waals surface area contributed by atoms with Crippen molar-refractivity contribution in [3.63, 3.8) is 0 Å². The summed E-state index contributed by atoms with van der Waals surface area (Å²) >= 11 is 0. The number of carbonyl (C=O) groups excluding carboxylic acids is 2. The van der Waals surface area contributed by atoms with Crippen molar-refractivity contribution in [3.05, 3.63) is 24.3 Å². The molecule has 0 heterocycles. The molecule has 0 aromatic rings. The largest absolute Gasteiger partial charge is 0.472 e. The Hall–Kier alpha value is -1.51. The van der Waals surface area contributed by atoms with E-state index in [9.17, 15) is 19.0 Å². The molecule has 0 saturated carbocycles. The summed E-state index contributed by atoms with van der Waals surface area (Å²) in [6.07, 6.45) is 39.2. The van der Waals surface area contributed by atoms with Crippen LogP contribution in [0.2, 0.25) is 0 Å². The van der Waals surface area contributed by atoms with Gasteiger partial charge in [-0.15, -0.1) is 0 Å². The van der Waals surface area contributed by atoms with E-state index in [0.717, 1.165) is 51.4 Å². The number of hydrogen-bond donors (Lipinski definition) is 2. The second kappa shape index (κ2) is 38.2. The lowest BCUT2D eigenvalue weighted by atomic mass is 10.1. The van der Waals surface area contributed by atoms with Crippen LogP contribution in [0, 0.1) is 0 Å². The number of esters is 2. The molecule has 3 N–H and O–H groups in total. The zero-order chi connectivity index (χ0) is 37.5. The Morgan fingerprint density at radius 2 is 0.961 bits per heavy atom. The normalized spacial score (nSPS) is 13.6. The quantitative estimate of drug-likeness (QED) is 0.0273. The Kier molecular flexibility index (Phi) is 37.1. The van der Waals surface area contributed by atoms with Crippen LogP contribution in [0.25, 0.3) is 0 Å². The summed E-state index contributed by atoms with van der Waals surface area (Å²) in [5.74, 6) is -0.838. The van der Waals surface area contributed by atoms with E-state index in [1.807, 2.05) is 0 Å². The number of phosphoric acid groups is 1. The monoisotopic (exact) mass is 744 g/mol. The number of allylic oxidation sites excluding steroid dienone is 4. The molecule has 0 aromatic carbocycles. The molecule has 0 aliphatic carbocycles. The van der Waals surface area contributed by atoms with Crippen LogP contribution in [0.5, 0.6) is 0 Å². The first kappa shape index (κ1) is 49.5. The summed E-state index contributed by atoms with van der Waals surface area (Å²) in [4.78, 5) is 34.8. The van der Waals surface area contributed by atoms with Crippen molar-refractivity contribution >= 4 is 19.8 Å². The van der Waals surface area contributed by atoms with Crippen LogP contribution in [0.4, 0.5) is 0 Å². The minimum Gasteiger partial charge on any atom is -0.462 e. The second-order valence-corrected chi connectivity index (χ2v) is 15.3. The maximum atomic E-state index is 12.5. The Bertz CT molecular complexity index is 897. The van der Waals surface area contributed by atoms with Crippen LogP contribution < -0.4 is 5.73 Å². The fraction of sp³-hybridized carbons (Fsp3) is 0.854. The molecule has 0 fully saturated rings. The van der Waals surface area contributed by atoms with Crippen LogP contribution in [-0.4, -0.2) is 49.3 Å². The fourth-order valence-corrected chi connectivity index (χ4v) is 6.45. The minimum atomic E-state index is -4.37. The molecule has 51 heavy (non-hydrogen) atoms. The minimum absolute atomic E-state index is 0.0527. The number of nitrogens with two attached hydrogens (primary N) is 1. The third kappa shape index (κ3) is 38.0. The van der Waals surface area contributed by atoms with Crippen LogP contribution in [-0.2, 0) is 32.7 Å². The molecule has 1 unspecified atom stereocenters. The van der Waals surface area contributed by atoms with E-state index in [1.165, 1.54) is 109 Å². The third-order valence-corrected chi connectivity index (χ3v) is 9.79. The molecule has 0 aliphatic heterocycles. The van der Waals surface area contributed by atoms with Crippen molar-refractivity contribution in [2.24, 2.45) is 5.73 Å². The van der Waals surface area contributed by atoms with Crippen molar-refractivity contribution in [1.29, 1.82) is 0 Å². The molecule has 0 amide bonds. The highest BCUT2D eigenvalue weighted by Gasteiger charge is 2.26. The average Bonchev–Trinajstić information content (AvgIpc) is 3.11. The Labute approximate surface area is 312 Å². The molecular formula is C41H78NO8P. The van der Waals surface area contributed by atoms with Crippen molar-refractivity contribution < 1.29 is 37.6 Å². The van der Waals surface area contributed by atoms with Crippen LogP contribution in [0.3, 0.4) is 0 Å². The number of carbonyl (C=O) groups is 2. The van der Waals surface area contributed by atoms with Crippen LogP contribution in [0.1, 0.15) is 194 Å². The topological polar surface area (TPSA) is 134 Å². The Morgan fingerprint density at radius 3 is 1.39 bits per heavy atom. The predicted octanol–water partition coefficient (Wildman–Crippen LogP) is 11.6. The average molecular weight is 744 g/mol. The van der Waals surface area contributed by atoms with E-state index < -0.39 is 26.5 Å². The van der Waals surface area contributed by atoms with Crippen molar-refractivity contribution in [2.45, 2.75) is 200 Å². The van der Waals surface area contributed by atoms with E-state index in [0.29, 0.717) is 6.42 Å². The van der Waals surface area contributed by atoms with Gasteiger partial charge in [0.05, 0.1) is 13.2 Å². The smallest absolute Gasteiger partial charge is 0.462 e. The summed E-state index contributed by atoms with van der Waals surface area (Å²) in [5.41, 5.74) is 5.34. The Morgan fingerprint density at radius 1 is 0.569 bits per heavy atom. The highest BCUT2D eigenvalue weighted by molar-refractivity contribution is 7.47. The first-order chi connectivity index (χ1) is 24.8. The number of hydrogen-bond acceptors (Lipinski definition) is 8. The molecular weight excluding hydrogens is 665 g/mol. The van der Waals surface area contributed by atoms with Gasteiger partial charge < -0.3 is 20.1 Å². The fourth-order valence-electron chi connectivity index (χ4n) is 5.68.